The maximum atomic E-state index is 12.3. The van der Waals surface area contributed by atoms with Gasteiger partial charge in [-0.05, 0) is 31.4 Å². The number of halogens is 1. The van der Waals surface area contributed by atoms with Gasteiger partial charge >= 0.3 is 0 Å². The van der Waals surface area contributed by atoms with Crippen LogP contribution in [0.5, 0.6) is 11.5 Å². The minimum Gasteiger partial charge on any atom is -0.490 e. The molecule has 3 rings (SSSR count). The molecule has 1 saturated carbocycles. The Labute approximate surface area is 136 Å². The van der Waals surface area contributed by atoms with E-state index in [-0.39, 0.29) is 23.8 Å². The fourth-order valence-electron chi connectivity index (χ4n) is 2.44. The Morgan fingerprint density at radius 2 is 1.82 bits per heavy atom. The first-order valence-corrected chi connectivity index (χ1v) is 8.65. The van der Waals surface area contributed by atoms with Gasteiger partial charge < -0.3 is 15.2 Å². The molecule has 1 fully saturated rings. The molecule has 22 heavy (non-hydrogen) atoms. The Morgan fingerprint density at radius 3 is 2.45 bits per heavy atom. The van der Waals surface area contributed by atoms with Crippen molar-refractivity contribution in [2.24, 2.45) is 5.73 Å². The molecule has 0 bridgehead atoms. The van der Waals surface area contributed by atoms with Crippen LogP contribution in [0.3, 0.4) is 0 Å². The highest BCUT2D eigenvalue weighted by molar-refractivity contribution is 7.89. The Bertz CT molecular complexity index is 632. The Hall–Kier alpha value is -1.02. The predicted octanol–water partition coefficient (Wildman–Crippen LogP) is 1.43. The van der Waals surface area contributed by atoms with Crippen LogP contribution in [-0.4, -0.2) is 33.7 Å². The monoisotopic (exact) mass is 348 g/mol. The maximum absolute atomic E-state index is 12.3. The number of ether oxygens (including phenoxy) is 2. The van der Waals surface area contributed by atoms with Crippen molar-refractivity contribution in [3.8, 4) is 11.5 Å². The highest BCUT2D eigenvalue weighted by Gasteiger charge is 2.33. The zero-order chi connectivity index (χ0) is 14.9. The fraction of sp³-hybridized carbons (Fsp3) is 0.571. The molecular formula is C14H21ClN2O4S. The van der Waals surface area contributed by atoms with Crippen molar-refractivity contribution in [1.29, 1.82) is 0 Å². The lowest BCUT2D eigenvalue weighted by molar-refractivity contribution is 0.251. The highest BCUT2D eigenvalue weighted by atomic mass is 35.5. The van der Waals surface area contributed by atoms with E-state index < -0.39 is 15.6 Å². The lowest BCUT2D eigenvalue weighted by Gasteiger charge is -2.38. The standard InChI is InChI=1S/C14H20N2O4S.ClH/c15-14(5-1-6-14)10-16-21(17,18)11-3-4-12-13(9-11)20-8-2-7-19-12;/h3-4,9,16H,1-2,5-8,10,15H2;1H. The largest absolute Gasteiger partial charge is 0.490 e. The summed E-state index contributed by atoms with van der Waals surface area (Å²) in [6.45, 7) is 1.37. The third-order valence-electron chi connectivity index (χ3n) is 3.99. The van der Waals surface area contributed by atoms with Gasteiger partial charge in [-0.3, -0.25) is 0 Å². The summed E-state index contributed by atoms with van der Waals surface area (Å²) in [6.07, 6.45) is 3.56. The molecule has 0 atom stereocenters. The van der Waals surface area contributed by atoms with E-state index in [2.05, 4.69) is 4.72 Å². The first kappa shape index (κ1) is 17.3. The van der Waals surface area contributed by atoms with Crippen molar-refractivity contribution < 1.29 is 17.9 Å². The zero-order valence-corrected chi connectivity index (χ0v) is 13.8. The van der Waals surface area contributed by atoms with E-state index in [9.17, 15) is 8.42 Å². The molecule has 0 saturated heterocycles. The van der Waals surface area contributed by atoms with Gasteiger partial charge in [0.15, 0.2) is 11.5 Å². The number of nitrogens with two attached hydrogens (primary N) is 1. The smallest absolute Gasteiger partial charge is 0.240 e. The molecule has 2 aliphatic rings. The number of rotatable bonds is 4. The van der Waals surface area contributed by atoms with Gasteiger partial charge in [-0.15, -0.1) is 12.4 Å². The van der Waals surface area contributed by atoms with Gasteiger partial charge in [0.1, 0.15) is 0 Å². The van der Waals surface area contributed by atoms with Crippen LogP contribution in [0.1, 0.15) is 25.7 Å². The summed E-state index contributed by atoms with van der Waals surface area (Å²) in [5.74, 6) is 1.06. The van der Waals surface area contributed by atoms with Crippen LogP contribution in [0.4, 0.5) is 0 Å². The van der Waals surface area contributed by atoms with Crippen LogP contribution in [0.15, 0.2) is 23.1 Å². The van der Waals surface area contributed by atoms with Gasteiger partial charge in [0, 0.05) is 24.6 Å². The Morgan fingerprint density at radius 1 is 1.14 bits per heavy atom. The van der Waals surface area contributed by atoms with Gasteiger partial charge in [0.2, 0.25) is 10.0 Å². The second-order valence-electron chi connectivity index (χ2n) is 5.70. The van der Waals surface area contributed by atoms with Crippen molar-refractivity contribution in [2.45, 2.75) is 36.1 Å². The molecule has 0 radical (unpaired) electrons. The number of benzene rings is 1. The molecule has 0 spiro atoms. The average molecular weight is 349 g/mol. The summed E-state index contributed by atoms with van der Waals surface area (Å²) in [5, 5.41) is 0. The molecule has 1 aromatic carbocycles. The molecule has 3 N–H and O–H groups in total. The second-order valence-corrected chi connectivity index (χ2v) is 7.47. The molecule has 6 nitrogen and oxygen atoms in total. The molecule has 1 aliphatic heterocycles. The van der Waals surface area contributed by atoms with Gasteiger partial charge in [-0.2, -0.15) is 0 Å². The van der Waals surface area contributed by atoms with Gasteiger partial charge in [-0.25, -0.2) is 13.1 Å². The highest BCUT2D eigenvalue weighted by Crippen LogP contribution is 2.32. The lowest BCUT2D eigenvalue weighted by Crippen LogP contribution is -2.54. The van der Waals surface area contributed by atoms with Crippen LogP contribution in [-0.2, 0) is 10.0 Å². The van der Waals surface area contributed by atoms with Crippen LogP contribution in [0, 0.1) is 0 Å². The molecule has 8 heteroatoms. The van der Waals surface area contributed by atoms with E-state index in [0.29, 0.717) is 24.7 Å². The molecular weight excluding hydrogens is 328 g/mol. The summed E-state index contributed by atoms with van der Waals surface area (Å²) in [7, 11) is -3.58. The van der Waals surface area contributed by atoms with Crippen molar-refractivity contribution in [3.63, 3.8) is 0 Å². The van der Waals surface area contributed by atoms with E-state index in [1.165, 1.54) is 12.1 Å². The van der Waals surface area contributed by atoms with Crippen LogP contribution < -0.4 is 19.9 Å². The fourth-order valence-corrected chi connectivity index (χ4v) is 3.59. The van der Waals surface area contributed by atoms with Crippen LogP contribution >= 0.6 is 12.4 Å². The molecule has 1 aromatic rings. The zero-order valence-electron chi connectivity index (χ0n) is 12.2. The maximum Gasteiger partial charge on any atom is 0.240 e. The summed E-state index contributed by atoms with van der Waals surface area (Å²) < 4.78 is 38.3. The quantitative estimate of drug-likeness (QED) is 0.859. The van der Waals surface area contributed by atoms with Crippen LogP contribution in [0.2, 0.25) is 0 Å². The van der Waals surface area contributed by atoms with Crippen LogP contribution in [0.25, 0.3) is 0 Å². The predicted molar refractivity (Wildman–Crippen MR) is 85.3 cm³/mol. The van der Waals surface area contributed by atoms with Gasteiger partial charge in [0.05, 0.1) is 18.1 Å². The topological polar surface area (TPSA) is 90.7 Å². The summed E-state index contributed by atoms with van der Waals surface area (Å²) >= 11 is 0. The minimum atomic E-state index is -3.58. The first-order valence-electron chi connectivity index (χ1n) is 7.17. The Balaban J connectivity index is 0.00000176. The average Bonchev–Trinajstić information content (AvgIpc) is 2.67. The van der Waals surface area contributed by atoms with Crippen molar-refractivity contribution in [3.05, 3.63) is 18.2 Å². The van der Waals surface area contributed by atoms with E-state index >= 15 is 0 Å². The second kappa shape index (κ2) is 6.62. The van der Waals surface area contributed by atoms with Gasteiger partial charge in [-0.1, -0.05) is 0 Å². The minimum absolute atomic E-state index is 0. The summed E-state index contributed by atoms with van der Waals surface area (Å²) in [5.41, 5.74) is 5.66. The van der Waals surface area contributed by atoms with E-state index in [1.807, 2.05) is 0 Å². The molecule has 0 amide bonds. The normalized spacial score (nSPS) is 19.5. The van der Waals surface area contributed by atoms with Crippen molar-refractivity contribution >= 4 is 22.4 Å². The molecule has 0 unspecified atom stereocenters. The number of nitrogens with one attached hydrogen (secondary N) is 1. The van der Waals surface area contributed by atoms with E-state index in [4.69, 9.17) is 15.2 Å². The SMILES string of the molecule is Cl.NC1(CNS(=O)(=O)c2ccc3c(c2)OCCCO3)CCC1. The molecule has 1 aliphatic carbocycles. The van der Waals surface area contributed by atoms with Gasteiger partial charge in [0.25, 0.3) is 0 Å². The number of hydrogen-bond acceptors (Lipinski definition) is 5. The number of hydrogen-bond donors (Lipinski definition) is 2. The molecule has 124 valence electrons. The first-order chi connectivity index (χ1) is 9.99. The lowest BCUT2D eigenvalue weighted by atomic mass is 9.78. The van der Waals surface area contributed by atoms with Crippen molar-refractivity contribution in [2.75, 3.05) is 19.8 Å². The van der Waals surface area contributed by atoms with Crippen molar-refractivity contribution in [1.82, 2.24) is 4.72 Å². The number of fused-ring (bicyclic) bond motifs is 1. The van der Waals surface area contributed by atoms with E-state index in [1.54, 1.807) is 6.07 Å². The summed E-state index contributed by atoms with van der Waals surface area (Å²) in [6, 6.07) is 4.67. The third kappa shape index (κ3) is 3.65. The third-order valence-corrected chi connectivity index (χ3v) is 5.39. The van der Waals surface area contributed by atoms with E-state index in [0.717, 1.165) is 25.7 Å². The number of sulfonamides is 1. The molecule has 1 heterocycles. The Kier molecular flexibility index (Phi) is 5.21. The summed E-state index contributed by atoms with van der Waals surface area (Å²) in [4.78, 5) is 0.176. The molecule has 0 aromatic heterocycles.